The Morgan fingerprint density at radius 3 is 2.56 bits per heavy atom. The molecule has 0 unspecified atom stereocenters. The molecule has 0 saturated carbocycles. The monoisotopic (exact) mass is 372 g/mol. The molecule has 2 heterocycles. The van der Waals surface area contributed by atoms with Gasteiger partial charge >= 0.3 is 11.9 Å². The third-order valence-corrected chi connectivity index (χ3v) is 5.04. The Hall–Kier alpha value is -2.83. The summed E-state index contributed by atoms with van der Waals surface area (Å²) < 4.78 is 11.8. The topological polar surface area (TPSA) is 77.8 Å². The van der Waals surface area contributed by atoms with E-state index in [9.17, 15) is 14.4 Å². The molecule has 1 aliphatic heterocycles. The maximum Gasteiger partial charge on any atom is 0.326 e. The number of likely N-dealkylation sites (tertiary alicyclic amines) is 1. The van der Waals surface area contributed by atoms with E-state index in [1.807, 2.05) is 41.8 Å². The summed E-state index contributed by atoms with van der Waals surface area (Å²) >= 11 is 0. The molecule has 0 N–H and O–H groups in total. The lowest BCUT2D eigenvalue weighted by molar-refractivity contribution is -0.154. The molecule has 27 heavy (non-hydrogen) atoms. The zero-order valence-electron chi connectivity index (χ0n) is 15.6. The van der Waals surface area contributed by atoms with Gasteiger partial charge in [-0.25, -0.2) is 0 Å². The van der Waals surface area contributed by atoms with E-state index >= 15 is 0 Å². The molecule has 1 aliphatic rings. The van der Waals surface area contributed by atoms with E-state index in [4.69, 9.17) is 9.47 Å². The van der Waals surface area contributed by atoms with Gasteiger partial charge in [-0.3, -0.25) is 14.4 Å². The highest BCUT2D eigenvalue weighted by atomic mass is 16.5. The fourth-order valence-electron chi connectivity index (χ4n) is 3.50. The summed E-state index contributed by atoms with van der Waals surface area (Å²) in [6.07, 6.45) is 1.14. The van der Waals surface area contributed by atoms with E-state index in [0.717, 1.165) is 16.6 Å². The smallest absolute Gasteiger partial charge is 0.326 e. The first-order valence-corrected chi connectivity index (χ1v) is 9.05. The molecule has 1 saturated heterocycles. The van der Waals surface area contributed by atoms with Gasteiger partial charge in [0.15, 0.2) is 6.61 Å². The molecule has 1 aromatic heterocycles. The lowest BCUT2D eigenvalue weighted by Gasteiger charge is -2.30. The predicted molar refractivity (Wildman–Crippen MR) is 99.0 cm³/mol. The van der Waals surface area contributed by atoms with E-state index < -0.39 is 5.97 Å². The Morgan fingerprint density at radius 1 is 1.15 bits per heavy atom. The molecule has 0 atom stereocenters. The van der Waals surface area contributed by atoms with Crippen molar-refractivity contribution in [3.8, 4) is 0 Å². The summed E-state index contributed by atoms with van der Waals surface area (Å²) in [7, 11) is 1.37. The van der Waals surface area contributed by atoms with E-state index in [2.05, 4.69) is 0 Å². The van der Waals surface area contributed by atoms with Gasteiger partial charge in [0, 0.05) is 24.3 Å². The van der Waals surface area contributed by atoms with Gasteiger partial charge < -0.3 is 18.9 Å². The van der Waals surface area contributed by atoms with Gasteiger partial charge in [0.2, 0.25) is 0 Å². The summed E-state index contributed by atoms with van der Waals surface area (Å²) in [5.41, 5.74) is 1.92. The van der Waals surface area contributed by atoms with E-state index in [1.165, 1.54) is 7.11 Å². The molecule has 0 radical (unpaired) electrons. The number of amides is 1. The molecule has 0 bridgehead atoms. The van der Waals surface area contributed by atoms with Crippen LogP contribution in [0, 0.1) is 12.8 Å². The SMILES string of the molecule is COC(=O)C1CCN(C(=O)COC(=O)Cn2c(C)cc3ccccc32)CC1. The van der Waals surface area contributed by atoms with Crippen LogP contribution in [0.15, 0.2) is 30.3 Å². The minimum Gasteiger partial charge on any atom is -0.469 e. The Kier molecular flexibility index (Phi) is 5.78. The predicted octanol–water partition coefficient (Wildman–Crippen LogP) is 1.90. The van der Waals surface area contributed by atoms with Crippen LogP contribution in [0.4, 0.5) is 0 Å². The van der Waals surface area contributed by atoms with Crippen LogP contribution in [0.25, 0.3) is 10.9 Å². The highest BCUT2D eigenvalue weighted by Gasteiger charge is 2.28. The van der Waals surface area contributed by atoms with Crippen molar-refractivity contribution in [1.82, 2.24) is 9.47 Å². The normalized spacial score (nSPS) is 15.0. The van der Waals surface area contributed by atoms with Gasteiger partial charge in [0.05, 0.1) is 13.0 Å². The fraction of sp³-hybridized carbons (Fsp3) is 0.450. The number of carbonyl (C=O) groups excluding carboxylic acids is 3. The molecule has 2 aromatic rings. The number of aryl methyl sites for hydroxylation is 1. The van der Waals surface area contributed by atoms with Crippen LogP contribution >= 0.6 is 0 Å². The second kappa shape index (κ2) is 8.24. The number of carbonyl (C=O) groups is 3. The van der Waals surface area contributed by atoms with E-state index in [0.29, 0.717) is 25.9 Å². The number of methoxy groups -OCH3 is 1. The van der Waals surface area contributed by atoms with Crippen molar-refractivity contribution in [3.63, 3.8) is 0 Å². The van der Waals surface area contributed by atoms with Crippen LogP contribution in [0.3, 0.4) is 0 Å². The van der Waals surface area contributed by atoms with Crippen LogP contribution in [0.1, 0.15) is 18.5 Å². The molecule has 7 heteroatoms. The van der Waals surface area contributed by atoms with Gasteiger partial charge in [-0.2, -0.15) is 0 Å². The zero-order valence-corrected chi connectivity index (χ0v) is 15.6. The molecule has 1 aromatic carbocycles. The highest BCUT2D eigenvalue weighted by Crippen LogP contribution is 2.20. The summed E-state index contributed by atoms with van der Waals surface area (Å²) in [6, 6.07) is 9.83. The lowest BCUT2D eigenvalue weighted by atomic mass is 9.97. The average Bonchev–Trinajstić information content (AvgIpc) is 3.01. The van der Waals surface area contributed by atoms with Crippen molar-refractivity contribution in [2.24, 2.45) is 5.92 Å². The molecule has 1 fully saturated rings. The standard InChI is InChI=1S/C20H24N2O5/c1-14-11-16-5-3-4-6-17(16)22(14)12-19(24)27-13-18(23)21-9-7-15(8-10-21)20(25)26-2/h3-6,11,15H,7-10,12-13H2,1-2H3. The lowest BCUT2D eigenvalue weighted by Crippen LogP contribution is -2.42. The average molecular weight is 372 g/mol. The quantitative estimate of drug-likeness (QED) is 0.749. The number of piperidine rings is 1. The van der Waals surface area contributed by atoms with Crippen molar-refractivity contribution < 1.29 is 23.9 Å². The van der Waals surface area contributed by atoms with Crippen molar-refractivity contribution in [1.29, 1.82) is 0 Å². The summed E-state index contributed by atoms with van der Waals surface area (Å²) in [6.45, 7) is 2.66. The molecular weight excluding hydrogens is 348 g/mol. The number of para-hydroxylation sites is 1. The first kappa shape index (κ1) is 18.9. The number of esters is 2. The second-order valence-corrected chi connectivity index (χ2v) is 6.77. The minimum absolute atomic E-state index is 0.0665. The third-order valence-electron chi connectivity index (χ3n) is 5.04. The largest absolute Gasteiger partial charge is 0.469 e. The summed E-state index contributed by atoms with van der Waals surface area (Å²) in [4.78, 5) is 37.6. The van der Waals surface area contributed by atoms with Gasteiger partial charge in [-0.05, 0) is 37.3 Å². The van der Waals surface area contributed by atoms with Gasteiger partial charge in [0.1, 0.15) is 6.54 Å². The third kappa shape index (κ3) is 4.30. The van der Waals surface area contributed by atoms with Gasteiger partial charge in [0.25, 0.3) is 5.91 Å². The number of hydrogen-bond donors (Lipinski definition) is 0. The first-order chi connectivity index (χ1) is 13.0. The molecular formula is C20H24N2O5. The van der Waals surface area contributed by atoms with Crippen LogP contribution in [-0.4, -0.2) is 54.1 Å². The number of benzene rings is 1. The summed E-state index contributed by atoms with van der Waals surface area (Å²) in [5.74, 6) is -1.08. The summed E-state index contributed by atoms with van der Waals surface area (Å²) in [5, 5.41) is 1.06. The maximum absolute atomic E-state index is 12.3. The second-order valence-electron chi connectivity index (χ2n) is 6.77. The Morgan fingerprint density at radius 2 is 1.85 bits per heavy atom. The molecule has 0 spiro atoms. The number of nitrogens with zero attached hydrogens (tertiary/aromatic N) is 2. The molecule has 144 valence electrons. The number of rotatable bonds is 5. The van der Waals surface area contributed by atoms with Gasteiger partial charge in [-0.1, -0.05) is 18.2 Å². The highest BCUT2D eigenvalue weighted by molar-refractivity contribution is 5.84. The van der Waals surface area contributed by atoms with Crippen molar-refractivity contribution in [2.75, 3.05) is 26.8 Å². The molecule has 3 rings (SSSR count). The van der Waals surface area contributed by atoms with E-state index in [1.54, 1.807) is 4.90 Å². The zero-order chi connectivity index (χ0) is 19.4. The van der Waals surface area contributed by atoms with E-state index in [-0.39, 0.29) is 30.9 Å². The Bertz CT molecular complexity index is 849. The number of ether oxygens (including phenoxy) is 2. The molecule has 7 nitrogen and oxygen atoms in total. The number of hydrogen-bond acceptors (Lipinski definition) is 5. The Labute approximate surface area is 157 Å². The van der Waals surface area contributed by atoms with Crippen LogP contribution in [0.2, 0.25) is 0 Å². The molecule has 1 amide bonds. The first-order valence-electron chi connectivity index (χ1n) is 9.05. The maximum atomic E-state index is 12.3. The Balaban J connectivity index is 1.50. The van der Waals surface area contributed by atoms with Gasteiger partial charge in [-0.15, -0.1) is 0 Å². The van der Waals surface area contributed by atoms with Crippen LogP contribution in [-0.2, 0) is 30.4 Å². The van der Waals surface area contributed by atoms with Crippen LogP contribution < -0.4 is 0 Å². The van der Waals surface area contributed by atoms with Crippen molar-refractivity contribution in [3.05, 3.63) is 36.0 Å². The molecule has 0 aliphatic carbocycles. The number of fused-ring (bicyclic) bond motifs is 1. The van der Waals surface area contributed by atoms with Crippen molar-refractivity contribution in [2.45, 2.75) is 26.3 Å². The number of aromatic nitrogens is 1. The minimum atomic E-state index is -0.447. The van der Waals surface area contributed by atoms with Crippen molar-refractivity contribution >= 4 is 28.7 Å². The fourth-order valence-corrected chi connectivity index (χ4v) is 3.50. The van der Waals surface area contributed by atoms with Crippen LogP contribution in [0.5, 0.6) is 0 Å².